The fourth-order valence-corrected chi connectivity index (χ4v) is 4.74. The van der Waals surface area contributed by atoms with Gasteiger partial charge in [0.05, 0.1) is 6.42 Å². The van der Waals surface area contributed by atoms with Gasteiger partial charge in [-0.3, -0.25) is 19.4 Å². The summed E-state index contributed by atoms with van der Waals surface area (Å²) in [5.74, 6) is 0.817. The van der Waals surface area contributed by atoms with Crippen LogP contribution in [0, 0.1) is 18.3 Å². The topological polar surface area (TPSA) is 106 Å². The quantitative estimate of drug-likeness (QED) is 0.786. The second-order valence-corrected chi connectivity index (χ2v) is 8.83. The molecule has 28 heavy (non-hydrogen) atoms. The molecule has 2 amide bonds. The lowest BCUT2D eigenvalue weighted by Crippen LogP contribution is -2.55. The number of piperidine rings is 2. The molecule has 1 aromatic rings. The van der Waals surface area contributed by atoms with Crippen molar-refractivity contribution in [2.45, 2.75) is 51.9 Å². The predicted molar refractivity (Wildman–Crippen MR) is 103 cm³/mol. The second-order valence-electron chi connectivity index (χ2n) is 8.83. The van der Waals surface area contributed by atoms with Crippen molar-refractivity contribution in [1.82, 2.24) is 19.8 Å². The molecule has 4 rings (SSSR count). The molecule has 1 unspecified atom stereocenters. The van der Waals surface area contributed by atoms with Crippen molar-refractivity contribution in [2.24, 2.45) is 11.3 Å². The number of amides is 2. The van der Waals surface area contributed by atoms with Gasteiger partial charge in [0, 0.05) is 49.3 Å². The van der Waals surface area contributed by atoms with Crippen LogP contribution in [0.2, 0.25) is 0 Å². The summed E-state index contributed by atoms with van der Waals surface area (Å²) in [7, 11) is 0. The van der Waals surface area contributed by atoms with Crippen LogP contribution < -0.4 is 11.2 Å². The molecule has 3 fully saturated rings. The second kappa shape index (κ2) is 7.22. The molecule has 152 valence electrons. The van der Waals surface area contributed by atoms with Crippen LogP contribution in [0.3, 0.4) is 0 Å². The van der Waals surface area contributed by atoms with Crippen LogP contribution in [0.4, 0.5) is 0 Å². The molecule has 8 nitrogen and oxygen atoms in total. The van der Waals surface area contributed by atoms with E-state index in [9.17, 15) is 19.2 Å². The average Bonchev–Trinajstić information content (AvgIpc) is 3.45. The van der Waals surface area contributed by atoms with Crippen molar-refractivity contribution in [3.8, 4) is 0 Å². The van der Waals surface area contributed by atoms with Crippen LogP contribution in [0.5, 0.6) is 0 Å². The van der Waals surface area contributed by atoms with Crippen LogP contribution in [0.25, 0.3) is 0 Å². The molecule has 8 heteroatoms. The molecule has 1 spiro atoms. The van der Waals surface area contributed by atoms with Gasteiger partial charge in [0.25, 0.3) is 5.56 Å². The maximum absolute atomic E-state index is 12.9. The number of carbonyl (C=O) groups excluding carboxylic acids is 2. The summed E-state index contributed by atoms with van der Waals surface area (Å²) in [5, 5.41) is 0. The SMILES string of the molecule is Cc1[nH]c(=O)[nH]c(=O)c1CC(=O)N1CCCC2(CCC(=O)N(CC3CC3)C2)C1. The minimum absolute atomic E-state index is 0.0151. The highest BCUT2D eigenvalue weighted by molar-refractivity contribution is 5.79. The molecular weight excluding hydrogens is 360 g/mol. The maximum Gasteiger partial charge on any atom is 0.325 e. The predicted octanol–water partition coefficient (Wildman–Crippen LogP) is 0.555. The molecule has 1 aliphatic carbocycles. The summed E-state index contributed by atoms with van der Waals surface area (Å²) in [6.07, 6.45) is 5.76. The van der Waals surface area contributed by atoms with Gasteiger partial charge in [0.2, 0.25) is 11.8 Å². The summed E-state index contributed by atoms with van der Waals surface area (Å²) in [4.78, 5) is 57.3. The zero-order chi connectivity index (χ0) is 19.9. The Bertz CT molecular complexity index is 900. The van der Waals surface area contributed by atoms with E-state index in [1.807, 2.05) is 9.80 Å². The van der Waals surface area contributed by atoms with Crippen molar-refractivity contribution in [2.75, 3.05) is 26.2 Å². The van der Waals surface area contributed by atoms with Gasteiger partial charge in [-0.15, -0.1) is 0 Å². The first-order valence-corrected chi connectivity index (χ1v) is 10.2. The number of aromatic nitrogens is 2. The zero-order valence-corrected chi connectivity index (χ0v) is 16.4. The summed E-state index contributed by atoms with van der Waals surface area (Å²) in [6, 6.07) is 0. The Hall–Kier alpha value is -2.38. The van der Waals surface area contributed by atoms with E-state index in [1.165, 1.54) is 12.8 Å². The molecule has 0 radical (unpaired) electrons. The number of likely N-dealkylation sites (tertiary alicyclic amines) is 2. The number of aromatic amines is 2. The van der Waals surface area contributed by atoms with E-state index in [4.69, 9.17) is 0 Å². The number of aryl methyl sites for hydroxylation is 1. The average molecular weight is 388 g/mol. The lowest BCUT2D eigenvalue weighted by atomic mass is 9.73. The normalized spacial score (nSPS) is 25.4. The number of rotatable bonds is 4. The standard InChI is InChI=1S/C20H28N4O4/c1-13-15(18(27)22-19(28)21-13)9-17(26)23-8-2-6-20(11-23)7-5-16(25)24(12-20)10-14-3-4-14/h14H,2-12H2,1H3,(H2,21,22,27,28). The van der Waals surface area contributed by atoms with Gasteiger partial charge in [-0.2, -0.15) is 0 Å². The minimum Gasteiger partial charge on any atom is -0.342 e. The lowest BCUT2D eigenvalue weighted by Gasteiger charge is -2.48. The highest BCUT2D eigenvalue weighted by atomic mass is 16.2. The Morgan fingerprint density at radius 2 is 1.93 bits per heavy atom. The smallest absolute Gasteiger partial charge is 0.325 e. The van der Waals surface area contributed by atoms with Gasteiger partial charge in [0.15, 0.2) is 0 Å². The third-order valence-electron chi connectivity index (χ3n) is 6.52. The molecular formula is C20H28N4O4. The van der Waals surface area contributed by atoms with Crippen molar-refractivity contribution >= 4 is 11.8 Å². The number of nitrogens with one attached hydrogen (secondary N) is 2. The first-order valence-electron chi connectivity index (χ1n) is 10.2. The van der Waals surface area contributed by atoms with E-state index in [-0.39, 0.29) is 23.7 Å². The summed E-state index contributed by atoms with van der Waals surface area (Å²) in [5.41, 5.74) is -0.326. The largest absolute Gasteiger partial charge is 0.342 e. The van der Waals surface area contributed by atoms with E-state index in [2.05, 4.69) is 9.97 Å². The van der Waals surface area contributed by atoms with E-state index in [0.717, 1.165) is 32.4 Å². The van der Waals surface area contributed by atoms with Crippen LogP contribution in [-0.4, -0.2) is 57.8 Å². The van der Waals surface area contributed by atoms with Crippen LogP contribution in [0.1, 0.15) is 49.8 Å². The third kappa shape index (κ3) is 3.91. The van der Waals surface area contributed by atoms with Gasteiger partial charge in [-0.25, -0.2) is 4.79 Å². The molecule has 2 aliphatic heterocycles. The Labute approximate surface area is 163 Å². The molecule has 3 aliphatic rings. The van der Waals surface area contributed by atoms with Gasteiger partial charge < -0.3 is 14.8 Å². The zero-order valence-electron chi connectivity index (χ0n) is 16.4. The number of H-pyrrole nitrogens is 2. The number of hydrogen-bond acceptors (Lipinski definition) is 4. The number of nitrogens with zero attached hydrogens (tertiary/aromatic N) is 2. The van der Waals surface area contributed by atoms with Crippen molar-refractivity contribution in [3.05, 3.63) is 32.1 Å². The summed E-state index contributed by atoms with van der Waals surface area (Å²) < 4.78 is 0. The van der Waals surface area contributed by atoms with Crippen molar-refractivity contribution < 1.29 is 9.59 Å². The van der Waals surface area contributed by atoms with E-state index >= 15 is 0 Å². The highest BCUT2D eigenvalue weighted by Gasteiger charge is 2.43. The molecule has 1 aromatic heterocycles. The monoisotopic (exact) mass is 388 g/mol. The first-order chi connectivity index (χ1) is 13.3. The Morgan fingerprint density at radius 1 is 1.14 bits per heavy atom. The third-order valence-corrected chi connectivity index (χ3v) is 6.52. The van der Waals surface area contributed by atoms with Crippen LogP contribution in [0.15, 0.2) is 9.59 Å². The van der Waals surface area contributed by atoms with Crippen LogP contribution >= 0.6 is 0 Å². The minimum atomic E-state index is -0.557. The molecule has 2 N–H and O–H groups in total. The van der Waals surface area contributed by atoms with Gasteiger partial charge in [-0.1, -0.05) is 0 Å². The number of carbonyl (C=O) groups is 2. The lowest BCUT2D eigenvalue weighted by molar-refractivity contribution is -0.143. The van der Waals surface area contributed by atoms with Crippen LogP contribution in [-0.2, 0) is 16.0 Å². The fraction of sp³-hybridized carbons (Fsp3) is 0.700. The first kappa shape index (κ1) is 19.0. The van der Waals surface area contributed by atoms with E-state index < -0.39 is 11.2 Å². The molecule has 0 bridgehead atoms. The molecule has 3 heterocycles. The maximum atomic E-state index is 12.9. The summed E-state index contributed by atoms with van der Waals surface area (Å²) >= 11 is 0. The molecule has 0 aromatic carbocycles. The van der Waals surface area contributed by atoms with Crippen molar-refractivity contribution in [1.29, 1.82) is 0 Å². The van der Waals surface area contributed by atoms with Gasteiger partial charge in [-0.05, 0) is 44.9 Å². The summed E-state index contributed by atoms with van der Waals surface area (Å²) in [6.45, 7) is 4.56. The van der Waals surface area contributed by atoms with Gasteiger partial charge >= 0.3 is 5.69 Å². The number of hydrogen-bond donors (Lipinski definition) is 2. The fourth-order valence-electron chi connectivity index (χ4n) is 4.74. The van der Waals surface area contributed by atoms with E-state index in [0.29, 0.717) is 36.7 Å². The molecule has 1 saturated carbocycles. The highest BCUT2D eigenvalue weighted by Crippen LogP contribution is 2.40. The molecule has 1 atom stereocenters. The van der Waals surface area contributed by atoms with Gasteiger partial charge in [0.1, 0.15) is 0 Å². The Kier molecular flexibility index (Phi) is 4.89. The van der Waals surface area contributed by atoms with E-state index in [1.54, 1.807) is 6.92 Å². The Morgan fingerprint density at radius 3 is 2.64 bits per heavy atom. The Balaban J connectivity index is 1.46. The van der Waals surface area contributed by atoms with Crippen molar-refractivity contribution in [3.63, 3.8) is 0 Å². The molecule has 2 saturated heterocycles.